The third kappa shape index (κ3) is 5.58. The Morgan fingerprint density at radius 3 is 2.64 bits per heavy atom. The molecule has 1 aromatic heterocycles. The molecule has 1 aliphatic heterocycles. The summed E-state index contributed by atoms with van der Waals surface area (Å²) in [5.41, 5.74) is 5.60. The molecule has 10 heteroatoms. The first-order chi connectivity index (χ1) is 20.4. The second-order valence-electron chi connectivity index (χ2n) is 11.1. The van der Waals surface area contributed by atoms with Crippen LogP contribution in [-0.4, -0.2) is 65.8 Å². The summed E-state index contributed by atoms with van der Waals surface area (Å²) in [6, 6.07) is 13.7. The summed E-state index contributed by atoms with van der Waals surface area (Å²) in [4.78, 5) is 25.0. The Balaban J connectivity index is 1.22. The number of carbonyl (C=O) groups is 1. The molecular weight excluding hydrogens is 550 g/mol. The lowest BCUT2D eigenvalue weighted by molar-refractivity contribution is 0.0819. The normalized spacial score (nSPS) is 21.3. The van der Waals surface area contributed by atoms with Crippen LogP contribution in [0.1, 0.15) is 59.3 Å². The van der Waals surface area contributed by atoms with E-state index in [0.29, 0.717) is 63.8 Å². The Kier molecular flexibility index (Phi) is 8.13. The van der Waals surface area contributed by atoms with Crippen LogP contribution in [0.2, 0.25) is 5.02 Å². The number of likely N-dealkylation sites (tertiary alicyclic amines) is 1. The van der Waals surface area contributed by atoms with Crippen LogP contribution in [0.4, 0.5) is 11.6 Å². The summed E-state index contributed by atoms with van der Waals surface area (Å²) in [5, 5.41) is 19.1. The van der Waals surface area contributed by atoms with E-state index in [9.17, 15) is 4.79 Å². The SMILES string of the molecule is CN/C(=C1\C(=N)CCc2cnc(Nc3ccc(C(=O)NC4CC(N5CCCC5)C4)cc3OC)nc21)c1ccccc1Cl. The highest BCUT2D eigenvalue weighted by Gasteiger charge is 2.35. The highest BCUT2D eigenvalue weighted by atomic mass is 35.5. The minimum Gasteiger partial charge on any atom is -0.495 e. The molecule has 1 saturated carbocycles. The third-order valence-corrected chi connectivity index (χ3v) is 8.84. The van der Waals surface area contributed by atoms with Crippen LogP contribution in [0.3, 0.4) is 0 Å². The van der Waals surface area contributed by atoms with E-state index in [1.807, 2.05) is 37.4 Å². The van der Waals surface area contributed by atoms with Crippen LogP contribution in [0, 0.1) is 5.41 Å². The summed E-state index contributed by atoms with van der Waals surface area (Å²) < 4.78 is 5.64. The maximum absolute atomic E-state index is 13.0. The molecule has 9 nitrogen and oxygen atoms in total. The summed E-state index contributed by atoms with van der Waals surface area (Å²) in [5.74, 6) is 0.790. The number of methoxy groups -OCH3 is 1. The van der Waals surface area contributed by atoms with E-state index in [2.05, 4.69) is 25.8 Å². The lowest BCUT2D eigenvalue weighted by Crippen LogP contribution is -2.53. The lowest BCUT2D eigenvalue weighted by Gasteiger charge is -2.41. The highest BCUT2D eigenvalue weighted by Crippen LogP contribution is 2.36. The van der Waals surface area contributed by atoms with Crippen molar-refractivity contribution in [1.29, 1.82) is 5.41 Å². The number of nitrogens with one attached hydrogen (secondary N) is 4. The number of ether oxygens (including phenoxy) is 1. The molecule has 42 heavy (non-hydrogen) atoms. The van der Waals surface area contributed by atoms with Crippen LogP contribution in [0.15, 0.2) is 48.7 Å². The fourth-order valence-corrected chi connectivity index (χ4v) is 6.39. The third-order valence-electron chi connectivity index (χ3n) is 8.51. The minimum absolute atomic E-state index is 0.0952. The summed E-state index contributed by atoms with van der Waals surface area (Å²) >= 11 is 6.54. The number of hydrogen-bond acceptors (Lipinski definition) is 8. The number of amides is 1. The Morgan fingerprint density at radius 1 is 1.12 bits per heavy atom. The van der Waals surface area contributed by atoms with Crippen molar-refractivity contribution >= 4 is 46.1 Å². The Hall–Kier alpha value is -3.95. The number of anilines is 2. The van der Waals surface area contributed by atoms with Crippen LogP contribution in [0.5, 0.6) is 5.75 Å². The first-order valence-electron chi connectivity index (χ1n) is 14.6. The molecule has 0 spiro atoms. The molecule has 218 valence electrons. The summed E-state index contributed by atoms with van der Waals surface area (Å²) in [7, 11) is 3.40. The Morgan fingerprint density at radius 2 is 1.90 bits per heavy atom. The van der Waals surface area contributed by atoms with E-state index in [1.165, 1.54) is 25.9 Å². The molecule has 0 bridgehead atoms. The van der Waals surface area contributed by atoms with Crippen molar-refractivity contribution in [2.45, 2.75) is 50.6 Å². The van der Waals surface area contributed by atoms with E-state index in [4.69, 9.17) is 26.7 Å². The van der Waals surface area contributed by atoms with Gasteiger partial charge in [-0.25, -0.2) is 9.97 Å². The summed E-state index contributed by atoms with van der Waals surface area (Å²) in [6.07, 6.45) is 7.67. The lowest BCUT2D eigenvalue weighted by atomic mass is 9.85. The molecule has 6 rings (SSSR count). The Bertz CT molecular complexity index is 1540. The van der Waals surface area contributed by atoms with Crippen molar-refractivity contribution in [3.63, 3.8) is 0 Å². The van der Waals surface area contributed by atoms with Gasteiger partial charge in [0.25, 0.3) is 5.91 Å². The van der Waals surface area contributed by atoms with Gasteiger partial charge >= 0.3 is 0 Å². The fourth-order valence-electron chi connectivity index (χ4n) is 6.16. The zero-order valence-corrected chi connectivity index (χ0v) is 24.7. The van der Waals surface area contributed by atoms with E-state index < -0.39 is 0 Å². The number of nitrogens with zero attached hydrogens (tertiary/aromatic N) is 3. The molecule has 4 N–H and O–H groups in total. The number of hydrogen-bond donors (Lipinski definition) is 4. The molecule has 0 radical (unpaired) electrons. The van der Waals surface area contributed by atoms with Crippen LogP contribution in [0.25, 0.3) is 11.3 Å². The zero-order valence-electron chi connectivity index (χ0n) is 24.0. The molecule has 1 saturated heterocycles. The van der Waals surface area contributed by atoms with Crippen molar-refractivity contribution in [2.75, 3.05) is 32.6 Å². The van der Waals surface area contributed by atoms with Gasteiger partial charge in [0.15, 0.2) is 0 Å². The van der Waals surface area contributed by atoms with E-state index in [1.54, 1.807) is 25.4 Å². The number of fused-ring (bicyclic) bond motifs is 1. The molecule has 2 fully saturated rings. The highest BCUT2D eigenvalue weighted by molar-refractivity contribution is 6.35. The van der Waals surface area contributed by atoms with Gasteiger partial charge in [-0.2, -0.15) is 0 Å². The van der Waals surface area contributed by atoms with Gasteiger partial charge in [0.2, 0.25) is 5.95 Å². The number of halogens is 1. The zero-order chi connectivity index (χ0) is 29.2. The van der Waals surface area contributed by atoms with Gasteiger partial charge in [0.1, 0.15) is 5.75 Å². The van der Waals surface area contributed by atoms with Crippen molar-refractivity contribution in [3.8, 4) is 5.75 Å². The number of allylic oxidation sites excluding steroid dienone is 1. The molecule has 1 amide bonds. The van der Waals surface area contributed by atoms with Crippen LogP contribution < -0.4 is 20.7 Å². The molecule has 3 aliphatic rings. The second kappa shape index (κ2) is 12.1. The number of rotatable bonds is 8. The van der Waals surface area contributed by atoms with E-state index in [0.717, 1.165) is 29.7 Å². The van der Waals surface area contributed by atoms with Crippen molar-refractivity contribution < 1.29 is 9.53 Å². The van der Waals surface area contributed by atoms with E-state index in [-0.39, 0.29) is 11.9 Å². The second-order valence-corrected chi connectivity index (χ2v) is 11.5. The number of aromatic nitrogens is 2. The molecule has 3 aromatic rings. The predicted molar refractivity (Wildman–Crippen MR) is 167 cm³/mol. The number of benzene rings is 2. The maximum atomic E-state index is 13.0. The first kappa shape index (κ1) is 28.2. The molecule has 2 heterocycles. The smallest absolute Gasteiger partial charge is 0.251 e. The monoisotopic (exact) mass is 585 g/mol. The van der Waals surface area contributed by atoms with Crippen molar-refractivity contribution in [2.24, 2.45) is 0 Å². The minimum atomic E-state index is -0.0952. The summed E-state index contributed by atoms with van der Waals surface area (Å²) in [6.45, 7) is 2.37. The standard InChI is InChI=1S/C32H36ClN7O2/c1-35-30(23-7-3-4-8-24(23)33)28-25(34)11-9-20-18-36-32(39-29(20)28)38-26-12-10-19(15-27(26)42-2)31(41)37-21-16-22(17-21)40-13-5-6-14-40/h3-4,7-8,10,12,15,18,21-22,34-35H,5-6,9,11,13-14,16-17H2,1-2H3,(H,37,41)(H,36,38,39)/b30-28+,34-25?. The number of aryl methyl sites for hydroxylation is 1. The van der Waals surface area contributed by atoms with Gasteiger partial charge in [-0.3, -0.25) is 4.79 Å². The van der Waals surface area contributed by atoms with Crippen LogP contribution in [-0.2, 0) is 6.42 Å². The first-order valence-corrected chi connectivity index (χ1v) is 14.9. The van der Waals surface area contributed by atoms with Gasteiger partial charge in [-0.15, -0.1) is 0 Å². The molecule has 2 aliphatic carbocycles. The van der Waals surface area contributed by atoms with Crippen LogP contribution >= 0.6 is 11.6 Å². The molecular formula is C32H36ClN7O2. The van der Waals surface area contributed by atoms with Crippen molar-refractivity contribution in [3.05, 3.63) is 76.1 Å². The van der Waals surface area contributed by atoms with Crippen molar-refractivity contribution in [1.82, 2.24) is 25.5 Å². The van der Waals surface area contributed by atoms with Gasteiger partial charge in [0.05, 0.1) is 24.2 Å². The number of carbonyl (C=O) groups excluding carboxylic acids is 1. The molecule has 2 aromatic carbocycles. The topological polar surface area (TPSA) is 115 Å². The van der Waals surface area contributed by atoms with Gasteiger partial charge in [-0.05, 0) is 81.4 Å². The average Bonchev–Trinajstić information content (AvgIpc) is 3.51. The quantitative estimate of drug-likeness (QED) is 0.284. The van der Waals surface area contributed by atoms with E-state index >= 15 is 0 Å². The molecule has 0 unspecified atom stereocenters. The van der Waals surface area contributed by atoms with Gasteiger partial charge < -0.3 is 31.0 Å². The van der Waals surface area contributed by atoms with Gasteiger partial charge in [0, 0.05) is 52.8 Å². The Labute approximate surface area is 251 Å². The average molecular weight is 586 g/mol. The van der Waals surface area contributed by atoms with Gasteiger partial charge in [-0.1, -0.05) is 29.8 Å². The fraction of sp³-hybridized carbons (Fsp3) is 0.375. The maximum Gasteiger partial charge on any atom is 0.251 e. The molecule has 0 atom stereocenters. The largest absolute Gasteiger partial charge is 0.495 e. The predicted octanol–water partition coefficient (Wildman–Crippen LogP) is 5.29.